The molecule has 3 aromatic rings. The minimum absolute atomic E-state index is 0.133. The first-order valence-electron chi connectivity index (χ1n) is 7.85. The lowest BCUT2D eigenvalue weighted by atomic mass is 10.1. The van der Waals surface area contributed by atoms with Crippen LogP contribution in [0.2, 0.25) is 0 Å². The molecule has 0 aliphatic rings. The van der Waals surface area contributed by atoms with Crippen molar-refractivity contribution >= 4 is 22.9 Å². The molecule has 0 saturated heterocycles. The minimum atomic E-state index is -0.298. The third-order valence-electron chi connectivity index (χ3n) is 3.74. The highest BCUT2D eigenvalue weighted by Gasteiger charge is 2.11. The Labute approximate surface area is 150 Å². The molecule has 1 aromatic heterocycles. The van der Waals surface area contributed by atoms with Crippen LogP contribution in [0, 0.1) is 19.7 Å². The highest BCUT2D eigenvalue weighted by molar-refractivity contribution is 7.12. The number of halogens is 1. The van der Waals surface area contributed by atoms with E-state index in [-0.39, 0.29) is 11.7 Å². The smallest absolute Gasteiger partial charge is 0.265 e. The van der Waals surface area contributed by atoms with Gasteiger partial charge in [-0.2, -0.15) is 0 Å². The standard InChI is InChI=1S/C20H18FNO2S/c1-13-3-4-14(2)18(9-13)22-20(23)19-10-15(12-25-19)11-24-17-7-5-16(21)6-8-17/h3-10,12H,11H2,1-2H3,(H,22,23). The summed E-state index contributed by atoms with van der Waals surface area (Å²) in [6.07, 6.45) is 0. The van der Waals surface area contributed by atoms with Gasteiger partial charge in [-0.1, -0.05) is 12.1 Å². The van der Waals surface area contributed by atoms with Crippen molar-refractivity contribution in [2.45, 2.75) is 20.5 Å². The molecule has 0 aliphatic heterocycles. The van der Waals surface area contributed by atoms with Crippen molar-refractivity contribution in [3.8, 4) is 5.75 Å². The molecule has 0 saturated carbocycles. The first-order valence-corrected chi connectivity index (χ1v) is 8.73. The van der Waals surface area contributed by atoms with Gasteiger partial charge in [-0.15, -0.1) is 11.3 Å². The molecular formula is C20H18FNO2S. The number of anilines is 1. The average molecular weight is 355 g/mol. The van der Waals surface area contributed by atoms with Gasteiger partial charge in [0, 0.05) is 11.3 Å². The van der Waals surface area contributed by atoms with Crippen LogP contribution >= 0.6 is 11.3 Å². The molecule has 0 spiro atoms. The summed E-state index contributed by atoms with van der Waals surface area (Å²) in [7, 11) is 0. The van der Waals surface area contributed by atoms with Gasteiger partial charge in [-0.05, 0) is 66.8 Å². The number of carbonyl (C=O) groups is 1. The zero-order valence-corrected chi connectivity index (χ0v) is 14.8. The Morgan fingerprint density at radius 2 is 1.88 bits per heavy atom. The van der Waals surface area contributed by atoms with E-state index in [9.17, 15) is 9.18 Å². The quantitative estimate of drug-likeness (QED) is 0.671. The Morgan fingerprint density at radius 1 is 1.12 bits per heavy atom. The molecule has 3 nitrogen and oxygen atoms in total. The van der Waals surface area contributed by atoms with Crippen molar-refractivity contribution in [3.05, 3.63) is 81.3 Å². The van der Waals surface area contributed by atoms with E-state index >= 15 is 0 Å². The Morgan fingerprint density at radius 3 is 2.64 bits per heavy atom. The molecule has 1 heterocycles. The first-order chi connectivity index (χ1) is 12.0. The van der Waals surface area contributed by atoms with Crippen molar-refractivity contribution in [3.63, 3.8) is 0 Å². The number of nitrogens with one attached hydrogen (secondary N) is 1. The van der Waals surface area contributed by atoms with Gasteiger partial charge in [0.2, 0.25) is 0 Å². The van der Waals surface area contributed by atoms with Gasteiger partial charge < -0.3 is 10.1 Å². The lowest BCUT2D eigenvalue weighted by Crippen LogP contribution is -2.11. The molecule has 0 unspecified atom stereocenters. The number of amides is 1. The van der Waals surface area contributed by atoms with E-state index in [1.165, 1.54) is 23.5 Å². The highest BCUT2D eigenvalue weighted by Crippen LogP contribution is 2.21. The second kappa shape index (κ2) is 7.49. The molecule has 2 aromatic carbocycles. The summed E-state index contributed by atoms with van der Waals surface area (Å²) in [5, 5.41) is 4.84. The second-order valence-corrected chi connectivity index (χ2v) is 6.75. The van der Waals surface area contributed by atoms with E-state index in [4.69, 9.17) is 4.74 Å². The predicted octanol–water partition coefficient (Wildman–Crippen LogP) is 5.34. The topological polar surface area (TPSA) is 38.3 Å². The van der Waals surface area contributed by atoms with Crippen LogP contribution in [0.5, 0.6) is 5.75 Å². The lowest BCUT2D eigenvalue weighted by Gasteiger charge is -2.08. The third-order valence-corrected chi connectivity index (χ3v) is 4.72. The van der Waals surface area contributed by atoms with Gasteiger partial charge in [0.25, 0.3) is 5.91 Å². The molecule has 1 N–H and O–H groups in total. The monoisotopic (exact) mass is 355 g/mol. The number of hydrogen-bond acceptors (Lipinski definition) is 3. The molecule has 0 radical (unpaired) electrons. The SMILES string of the molecule is Cc1ccc(C)c(NC(=O)c2cc(COc3ccc(F)cc3)cs2)c1. The van der Waals surface area contributed by atoms with Gasteiger partial charge in [0.15, 0.2) is 0 Å². The fraction of sp³-hybridized carbons (Fsp3) is 0.150. The van der Waals surface area contributed by atoms with Crippen LogP contribution in [-0.2, 0) is 6.61 Å². The molecule has 3 rings (SSSR count). The number of hydrogen-bond donors (Lipinski definition) is 1. The third kappa shape index (κ3) is 4.45. The van der Waals surface area contributed by atoms with Gasteiger partial charge in [-0.25, -0.2) is 4.39 Å². The van der Waals surface area contributed by atoms with E-state index in [1.54, 1.807) is 12.1 Å². The fourth-order valence-electron chi connectivity index (χ4n) is 2.32. The molecule has 128 valence electrons. The Bertz CT molecular complexity index is 887. The Kier molecular flexibility index (Phi) is 5.14. The lowest BCUT2D eigenvalue weighted by molar-refractivity contribution is 0.103. The normalized spacial score (nSPS) is 10.5. The number of aryl methyl sites for hydroxylation is 2. The number of rotatable bonds is 5. The summed E-state index contributed by atoms with van der Waals surface area (Å²) >= 11 is 1.37. The van der Waals surface area contributed by atoms with Crippen molar-refractivity contribution in [2.24, 2.45) is 0 Å². The first kappa shape index (κ1) is 17.2. The van der Waals surface area contributed by atoms with Crippen LogP contribution < -0.4 is 10.1 Å². The van der Waals surface area contributed by atoms with Gasteiger partial charge in [0.05, 0.1) is 4.88 Å². The van der Waals surface area contributed by atoms with E-state index in [1.807, 2.05) is 43.5 Å². The van der Waals surface area contributed by atoms with E-state index < -0.39 is 0 Å². The minimum Gasteiger partial charge on any atom is -0.489 e. The van der Waals surface area contributed by atoms with Crippen molar-refractivity contribution < 1.29 is 13.9 Å². The summed E-state index contributed by atoms with van der Waals surface area (Å²) < 4.78 is 18.5. The average Bonchev–Trinajstić information content (AvgIpc) is 3.07. The van der Waals surface area contributed by atoms with E-state index in [0.717, 1.165) is 22.4 Å². The van der Waals surface area contributed by atoms with Gasteiger partial charge in [-0.3, -0.25) is 4.79 Å². The van der Waals surface area contributed by atoms with E-state index in [2.05, 4.69) is 5.32 Å². The maximum Gasteiger partial charge on any atom is 0.265 e. The maximum absolute atomic E-state index is 12.9. The fourth-order valence-corrected chi connectivity index (χ4v) is 3.11. The van der Waals surface area contributed by atoms with Gasteiger partial charge >= 0.3 is 0 Å². The molecule has 0 bridgehead atoms. The van der Waals surface area contributed by atoms with Crippen LogP contribution in [0.15, 0.2) is 53.9 Å². The van der Waals surface area contributed by atoms with Crippen LogP contribution in [0.4, 0.5) is 10.1 Å². The summed E-state index contributed by atoms with van der Waals surface area (Å²) in [6, 6.07) is 13.6. The number of carbonyl (C=O) groups excluding carboxylic acids is 1. The zero-order chi connectivity index (χ0) is 17.8. The van der Waals surface area contributed by atoms with Crippen LogP contribution in [0.1, 0.15) is 26.4 Å². The number of ether oxygens (including phenoxy) is 1. The molecule has 1 amide bonds. The van der Waals surface area contributed by atoms with Crippen LogP contribution in [-0.4, -0.2) is 5.91 Å². The number of thiophene rings is 1. The second-order valence-electron chi connectivity index (χ2n) is 5.83. The van der Waals surface area contributed by atoms with Crippen LogP contribution in [0.25, 0.3) is 0 Å². The van der Waals surface area contributed by atoms with Gasteiger partial charge in [0.1, 0.15) is 18.2 Å². The molecule has 5 heteroatoms. The Hall–Kier alpha value is -2.66. The summed E-state index contributed by atoms with van der Waals surface area (Å²) in [5.74, 6) is 0.161. The molecular weight excluding hydrogens is 337 g/mol. The van der Waals surface area contributed by atoms with Crippen molar-refractivity contribution in [1.82, 2.24) is 0 Å². The van der Waals surface area contributed by atoms with Crippen molar-refractivity contribution in [2.75, 3.05) is 5.32 Å². The highest BCUT2D eigenvalue weighted by atomic mass is 32.1. The summed E-state index contributed by atoms with van der Waals surface area (Å²) in [4.78, 5) is 13.0. The van der Waals surface area contributed by atoms with Crippen molar-refractivity contribution in [1.29, 1.82) is 0 Å². The molecule has 0 atom stereocenters. The predicted molar refractivity (Wildman–Crippen MR) is 98.9 cm³/mol. The zero-order valence-electron chi connectivity index (χ0n) is 14.0. The van der Waals surface area contributed by atoms with E-state index in [0.29, 0.717) is 17.2 Å². The molecule has 0 aliphatic carbocycles. The summed E-state index contributed by atoms with van der Waals surface area (Å²) in [6.45, 7) is 4.29. The molecule has 25 heavy (non-hydrogen) atoms. The summed E-state index contributed by atoms with van der Waals surface area (Å²) in [5.41, 5.74) is 3.85. The Balaban J connectivity index is 1.63. The maximum atomic E-state index is 12.9. The molecule has 0 fully saturated rings. The largest absolute Gasteiger partial charge is 0.489 e. The number of benzene rings is 2. The van der Waals surface area contributed by atoms with Crippen LogP contribution in [0.3, 0.4) is 0 Å².